The monoisotopic (exact) mass is 491 g/mol. The first-order valence-electron chi connectivity index (χ1n) is 11.6. The lowest BCUT2D eigenvalue weighted by molar-refractivity contribution is 0.0696. The lowest BCUT2D eigenvalue weighted by atomic mass is 10.0. The van der Waals surface area contributed by atoms with Crippen molar-refractivity contribution in [2.45, 2.75) is 37.8 Å². The summed E-state index contributed by atoms with van der Waals surface area (Å²) in [6, 6.07) is 16.3. The van der Waals surface area contributed by atoms with Crippen LogP contribution in [0.15, 0.2) is 60.8 Å². The minimum absolute atomic E-state index is 0.00675. The van der Waals surface area contributed by atoms with Crippen LogP contribution in [0.25, 0.3) is 0 Å². The van der Waals surface area contributed by atoms with E-state index in [1.807, 2.05) is 31.2 Å². The molecular formula is C27H26ClN3O4. The smallest absolute Gasteiger partial charge is 0.335 e. The van der Waals surface area contributed by atoms with E-state index in [0.717, 1.165) is 36.1 Å². The highest BCUT2D eigenvalue weighted by molar-refractivity contribution is 6.31. The minimum atomic E-state index is -0.977. The molecule has 2 fully saturated rings. The Bertz CT molecular complexity index is 1270. The Labute approximate surface area is 208 Å². The molecule has 8 heteroatoms. The average molecular weight is 492 g/mol. The van der Waals surface area contributed by atoms with Crippen LogP contribution in [-0.2, 0) is 5.54 Å². The topological polar surface area (TPSA) is 91.8 Å². The molecule has 1 aromatic heterocycles. The first-order valence-corrected chi connectivity index (χ1v) is 12.0. The molecule has 35 heavy (non-hydrogen) atoms. The number of carboxylic acids is 1. The first-order chi connectivity index (χ1) is 16.8. The van der Waals surface area contributed by atoms with Gasteiger partial charge in [-0.2, -0.15) is 0 Å². The van der Waals surface area contributed by atoms with Crippen LogP contribution >= 0.6 is 11.6 Å². The molecule has 0 spiro atoms. The first kappa shape index (κ1) is 23.2. The van der Waals surface area contributed by atoms with Gasteiger partial charge in [-0.25, -0.2) is 9.78 Å². The van der Waals surface area contributed by atoms with Gasteiger partial charge in [-0.15, -0.1) is 0 Å². The fourth-order valence-electron chi connectivity index (χ4n) is 4.58. The third kappa shape index (κ3) is 4.95. The van der Waals surface area contributed by atoms with Gasteiger partial charge in [-0.1, -0.05) is 35.9 Å². The summed E-state index contributed by atoms with van der Waals surface area (Å²) in [4.78, 5) is 31.2. The second kappa shape index (κ2) is 9.23. The molecule has 0 radical (unpaired) electrons. The second-order valence-electron chi connectivity index (χ2n) is 9.23. The van der Waals surface area contributed by atoms with Crippen molar-refractivity contribution in [3.8, 4) is 5.75 Å². The Morgan fingerprint density at radius 3 is 2.63 bits per heavy atom. The molecule has 1 aliphatic carbocycles. The van der Waals surface area contributed by atoms with Crippen LogP contribution in [0, 0.1) is 6.92 Å². The van der Waals surface area contributed by atoms with Crippen molar-refractivity contribution in [3.05, 3.63) is 88.1 Å². The van der Waals surface area contributed by atoms with Crippen LogP contribution in [0.2, 0.25) is 5.02 Å². The number of aromatic carboxylic acids is 1. The zero-order valence-corrected chi connectivity index (χ0v) is 20.1. The number of rotatable bonds is 7. The van der Waals surface area contributed by atoms with Gasteiger partial charge in [-0.3, -0.25) is 4.79 Å². The van der Waals surface area contributed by atoms with Crippen molar-refractivity contribution in [3.63, 3.8) is 0 Å². The highest BCUT2D eigenvalue weighted by atomic mass is 35.5. The molecule has 5 rings (SSSR count). The van der Waals surface area contributed by atoms with Crippen molar-refractivity contribution in [1.29, 1.82) is 0 Å². The van der Waals surface area contributed by atoms with Crippen molar-refractivity contribution < 1.29 is 19.4 Å². The fourth-order valence-corrected chi connectivity index (χ4v) is 4.73. The third-order valence-corrected chi connectivity index (χ3v) is 6.81. The van der Waals surface area contributed by atoms with Crippen LogP contribution in [0.3, 0.4) is 0 Å². The maximum Gasteiger partial charge on any atom is 0.335 e. The van der Waals surface area contributed by atoms with Gasteiger partial charge in [0.05, 0.1) is 28.2 Å². The molecule has 1 saturated heterocycles. The van der Waals surface area contributed by atoms with Gasteiger partial charge >= 0.3 is 5.97 Å². The summed E-state index contributed by atoms with van der Waals surface area (Å²) in [6.07, 6.45) is 3.93. The molecular weight excluding hydrogens is 466 g/mol. The highest BCUT2D eigenvalue weighted by Gasteiger charge is 2.46. The summed E-state index contributed by atoms with van der Waals surface area (Å²) in [5, 5.41) is 12.7. The second-order valence-corrected chi connectivity index (χ2v) is 9.67. The standard InChI is InChI=1S/C27H26ClN3O4/c1-17-3-2-4-21(13-17)35-22-9-12-31(16-22)24-23(14-20(28)15-29-24)25(32)30-27(10-11-27)19-7-5-18(6-8-19)26(33)34/h2-8,13-15,22H,9-12,16H2,1H3,(H,30,32)(H,33,34). The van der Waals surface area contributed by atoms with E-state index >= 15 is 0 Å². The van der Waals surface area contributed by atoms with Gasteiger partial charge in [0, 0.05) is 19.2 Å². The molecule has 0 bridgehead atoms. The predicted molar refractivity (Wildman–Crippen MR) is 133 cm³/mol. The number of pyridine rings is 1. The Morgan fingerprint density at radius 2 is 1.94 bits per heavy atom. The van der Waals surface area contributed by atoms with E-state index < -0.39 is 11.5 Å². The lowest BCUT2D eigenvalue weighted by Crippen LogP contribution is -2.36. The molecule has 7 nitrogen and oxygen atoms in total. The number of nitrogens with one attached hydrogen (secondary N) is 1. The Hall–Kier alpha value is -3.58. The van der Waals surface area contributed by atoms with Crippen LogP contribution in [0.5, 0.6) is 5.75 Å². The largest absolute Gasteiger partial charge is 0.489 e. The van der Waals surface area contributed by atoms with E-state index in [2.05, 4.69) is 15.2 Å². The summed E-state index contributed by atoms with van der Waals surface area (Å²) in [7, 11) is 0. The Morgan fingerprint density at radius 1 is 1.17 bits per heavy atom. The van der Waals surface area contributed by atoms with E-state index in [1.165, 1.54) is 0 Å². The molecule has 2 N–H and O–H groups in total. The highest BCUT2D eigenvalue weighted by Crippen LogP contribution is 2.46. The van der Waals surface area contributed by atoms with Crippen molar-refractivity contribution in [2.75, 3.05) is 18.0 Å². The Kier molecular flexibility index (Phi) is 6.11. The number of benzene rings is 2. The predicted octanol–water partition coefficient (Wildman–Crippen LogP) is 4.82. The summed E-state index contributed by atoms with van der Waals surface area (Å²) in [5.74, 6) is 0.191. The molecule has 1 unspecified atom stereocenters. The van der Waals surface area contributed by atoms with E-state index in [9.17, 15) is 9.59 Å². The summed E-state index contributed by atoms with van der Waals surface area (Å²) >= 11 is 6.23. The number of halogens is 1. The van der Waals surface area contributed by atoms with E-state index in [0.29, 0.717) is 29.5 Å². The summed E-state index contributed by atoms with van der Waals surface area (Å²) in [6.45, 7) is 3.36. The van der Waals surface area contributed by atoms with Gasteiger partial charge in [0.1, 0.15) is 17.7 Å². The zero-order chi connectivity index (χ0) is 24.6. The number of aryl methyl sites for hydroxylation is 1. The molecule has 1 amide bonds. The maximum absolute atomic E-state index is 13.4. The number of carbonyl (C=O) groups excluding carboxylic acids is 1. The maximum atomic E-state index is 13.4. The van der Waals surface area contributed by atoms with E-state index in [-0.39, 0.29) is 17.6 Å². The normalized spacial score (nSPS) is 18.2. The molecule has 1 atom stereocenters. The van der Waals surface area contributed by atoms with Crippen molar-refractivity contribution in [2.24, 2.45) is 0 Å². The molecule has 2 heterocycles. The van der Waals surface area contributed by atoms with Gasteiger partial charge in [0.15, 0.2) is 0 Å². The van der Waals surface area contributed by atoms with Gasteiger partial charge in [0.25, 0.3) is 5.91 Å². The van der Waals surface area contributed by atoms with Crippen molar-refractivity contribution in [1.82, 2.24) is 10.3 Å². The summed E-state index contributed by atoms with van der Waals surface area (Å²) in [5.41, 5.74) is 2.16. The quantitative estimate of drug-likeness (QED) is 0.492. The molecule has 2 aliphatic rings. The number of carboxylic acid groups (broad SMARTS) is 1. The van der Waals surface area contributed by atoms with Gasteiger partial charge in [-0.05, 0) is 61.2 Å². The Balaban J connectivity index is 1.32. The van der Waals surface area contributed by atoms with E-state index in [4.69, 9.17) is 21.4 Å². The number of ether oxygens (including phenoxy) is 1. The van der Waals surface area contributed by atoms with Crippen LogP contribution in [0.4, 0.5) is 5.82 Å². The van der Waals surface area contributed by atoms with Crippen LogP contribution in [-0.4, -0.2) is 41.2 Å². The third-order valence-electron chi connectivity index (χ3n) is 6.60. The zero-order valence-electron chi connectivity index (χ0n) is 19.3. The minimum Gasteiger partial charge on any atom is -0.489 e. The molecule has 180 valence electrons. The number of carbonyl (C=O) groups is 2. The molecule has 3 aromatic rings. The summed E-state index contributed by atoms with van der Waals surface area (Å²) < 4.78 is 6.17. The van der Waals surface area contributed by atoms with Crippen LogP contribution in [0.1, 0.15) is 51.1 Å². The van der Waals surface area contributed by atoms with Crippen LogP contribution < -0.4 is 15.0 Å². The number of nitrogens with zero attached hydrogens (tertiary/aromatic N) is 2. The van der Waals surface area contributed by atoms with Gasteiger partial charge in [0.2, 0.25) is 0 Å². The average Bonchev–Trinajstić information content (AvgIpc) is 3.48. The molecule has 2 aromatic carbocycles. The number of hydrogen-bond acceptors (Lipinski definition) is 5. The molecule has 1 saturated carbocycles. The van der Waals surface area contributed by atoms with Crippen molar-refractivity contribution >= 4 is 29.3 Å². The SMILES string of the molecule is Cc1cccc(OC2CCN(c3ncc(Cl)cc3C(=O)NC3(c4ccc(C(=O)O)cc4)CC3)C2)c1. The number of hydrogen-bond donors (Lipinski definition) is 2. The number of amides is 1. The number of anilines is 1. The molecule has 1 aliphatic heterocycles. The lowest BCUT2D eigenvalue weighted by Gasteiger charge is -2.23. The van der Waals surface area contributed by atoms with E-state index in [1.54, 1.807) is 36.5 Å². The fraction of sp³-hybridized carbons (Fsp3) is 0.296. The number of aromatic nitrogens is 1. The van der Waals surface area contributed by atoms with Gasteiger partial charge < -0.3 is 20.1 Å².